The van der Waals surface area contributed by atoms with Crippen LogP contribution < -0.4 is 16.4 Å². The van der Waals surface area contributed by atoms with Crippen LogP contribution in [-0.2, 0) is 35.1 Å². The normalized spacial score (nSPS) is 19.8. The van der Waals surface area contributed by atoms with Crippen molar-refractivity contribution >= 4 is 23.6 Å². The van der Waals surface area contributed by atoms with Gasteiger partial charge in [0.1, 0.15) is 6.04 Å². The molecule has 0 unspecified atom stereocenters. The summed E-state index contributed by atoms with van der Waals surface area (Å²) in [6.45, 7) is 11.6. The van der Waals surface area contributed by atoms with Crippen molar-refractivity contribution in [3.05, 3.63) is 35.9 Å². The van der Waals surface area contributed by atoms with E-state index in [1.165, 1.54) is 7.11 Å². The van der Waals surface area contributed by atoms with Gasteiger partial charge in [0.15, 0.2) is 0 Å². The van der Waals surface area contributed by atoms with Crippen molar-refractivity contribution in [2.45, 2.75) is 116 Å². The molecule has 0 aliphatic carbocycles. The number of aliphatic hydroxyl groups is 1. The number of aliphatic hydroxyl groups excluding tert-OH is 1. The fraction of sp³-hybridized carbons (Fsp3) is 0.722. The highest BCUT2D eigenvalue weighted by atomic mass is 16.5. The van der Waals surface area contributed by atoms with E-state index in [1.807, 2.05) is 58.0 Å². The molecule has 1 aromatic carbocycles. The van der Waals surface area contributed by atoms with Gasteiger partial charge in [-0.25, -0.2) is 0 Å². The number of likely N-dealkylation sites (N-methyl/N-ethyl adjacent to an activating group) is 1. The predicted molar refractivity (Wildman–Crippen MR) is 186 cm³/mol. The van der Waals surface area contributed by atoms with Crippen molar-refractivity contribution in [3.63, 3.8) is 0 Å². The number of nitrogens with one attached hydrogen (secondary N) is 2. The number of hydrogen-bond donors (Lipinski definition) is 4. The first-order chi connectivity index (χ1) is 22.7. The quantitative estimate of drug-likeness (QED) is 0.173. The lowest BCUT2D eigenvalue weighted by Crippen LogP contribution is -2.56. The van der Waals surface area contributed by atoms with Crippen molar-refractivity contribution in [3.8, 4) is 0 Å². The molecule has 0 aromatic heterocycles. The van der Waals surface area contributed by atoms with E-state index in [4.69, 9.17) is 15.2 Å². The largest absolute Gasteiger partial charge is 0.394 e. The predicted octanol–water partition coefficient (Wildman–Crippen LogP) is 2.11. The molecule has 1 aliphatic rings. The van der Waals surface area contributed by atoms with E-state index >= 15 is 0 Å². The molecule has 272 valence electrons. The number of nitrogens with zero attached hydrogens (tertiary/aromatic N) is 2. The highest BCUT2D eigenvalue weighted by molar-refractivity contribution is 5.89. The van der Waals surface area contributed by atoms with Gasteiger partial charge in [0.25, 0.3) is 0 Å². The molecule has 9 atom stereocenters. The van der Waals surface area contributed by atoms with Crippen LogP contribution in [-0.4, -0.2) is 115 Å². The highest BCUT2D eigenvalue weighted by Gasteiger charge is 2.42. The molecule has 1 fully saturated rings. The van der Waals surface area contributed by atoms with Gasteiger partial charge in [0.05, 0.1) is 49.3 Å². The summed E-state index contributed by atoms with van der Waals surface area (Å²) in [7, 11) is 4.82. The second-order valence-corrected chi connectivity index (χ2v) is 13.7. The highest BCUT2D eigenvalue weighted by Crippen LogP contribution is 2.29. The van der Waals surface area contributed by atoms with E-state index in [1.54, 1.807) is 37.8 Å². The van der Waals surface area contributed by atoms with Gasteiger partial charge in [0, 0.05) is 40.3 Å². The van der Waals surface area contributed by atoms with Crippen LogP contribution >= 0.6 is 0 Å². The number of nitrogens with two attached hydrogens (primary N) is 1. The summed E-state index contributed by atoms with van der Waals surface area (Å²) in [6, 6.07) is 6.64. The number of ether oxygens (including phenoxy) is 2. The van der Waals surface area contributed by atoms with Crippen molar-refractivity contribution in [2.24, 2.45) is 23.5 Å². The monoisotopic (exact) mass is 675 g/mol. The van der Waals surface area contributed by atoms with E-state index < -0.39 is 42.2 Å². The van der Waals surface area contributed by atoms with E-state index in [9.17, 15) is 24.3 Å². The molecule has 12 nitrogen and oxygen atoms in total. The number of benzene rings is 1. The van der Waals surface area contributed by atoms with Gasteiger partial charge in [-0.2, -0.15) is 0 Å². The molecular formula is C36H61N5O7. The van der Waals surface area contributed by atoms with Crippen molar-refractivity contribution in [2.75, 3.05) is 34.4 Å². The Balaban J connectivity index is 2.25. The van der Waals surface area contributed by atoms with Crippen molar-refractivity contribution in [1.82, 2.24) is 20.4 Å². The fourth-order valence-electron chi connectivity index (χ4n) is 6.58. The number of methoxy groups -OCH3 is 2. The Morgan fingerprint density at radius 2 is 1.67 bits per heavy atom. The van der Waals surface area contributed by atoms with Gasteiger partial charge >= 0.3 is 0 Å². The van der Waals surface area contributed by atoms with Crippen LogP contribution in [0.1, 0.15) is 72.8 Å². The summed E-state index contributed by atoms with van der Waals surface area (Å²) in [5.74, 6) is -1.78. The smallest absolute Gasteiger partial charge is 0.243 e. The Morgan fingerprint density at radius 1 is 1.02 bits per heavy atom. The zero-order chi connectivity index (χ0) is 36.1. The summed E-state index contributed by atoms with van der Waals surface area (Å²) in [5.41, 5.74) is 7.10. The molecule has 4 amide bonds. The lowest BCUT2D eigenvalue weighted by atomic mass is 9.89. The minimum absolute atomic E-state index is 0.0391. The Bertz CT molecular complexity index is 1170. The molecule has 48 heavy (non-hydrogen) atoms. The maximum atomic E-state index is 14.0. The minimum atomic E-state index is -0.876. The summed E-state index contributed by atoms with van der Waals surface area (Å²) in [4.78, 5) is 57.5. The average molecular weight is 676 g/mol. The first-order valence-electron chi connectivity index (χ1n) is 17.3. The van der Waals surface area contributed by atoms with Gasteiger partial charge < -0.3 is 40.7 Å². The van der Waals surface area contributed by atoms with Gasteiger partial charge in [-0.1, -0.05) is 71.4 Å². The van der Waals surface area contributed by atoms with E-state index in [0.717, 1.165) is 18.4 Å². The molecule has 0 saturated carbocycles. The van der Waals surface area contributed by atoms with E-state index in [0.29, 0.717) is 13.0 Å². The summed E-state index contributed by atoms with van der Waals surface area (Å²) in [6.07, 6.45) is 1.30. The zero-order valence-corrected chi connectivity index (χ0v) is 30.5. The summed E-state index contributed by atoms with van der Waals surface area (Å²) < 4.78 is 11.8. The molecular weight excluding hydrogens is 614 g/mol. The molecule has 1 aliphatic heterocycles. The molecule has 0 bridgehead atoms. The summed E-state index contributed by atoms with van der Waals surface area (Å²) in [5, 5.41) is 15.1. The van der Waals surface area contributed by atoms with Crippen LogP contribution in [0.4, 0.5) is 0 Å². The minimum Gasteiger partial charge on any atom is -0.394 e. The van der Waals surface area contributed by atoms with E-state index in [-0.39, 0.29) is 61.1 Å². The van der Waals surface area contributed by atoms with Crippen LogP contribution in [0.15, 0.2) is 30.3 Å². The Morgan fingerprint density at radius 3 is 2.21 bits per heavy atom. The molecule has 12 heteroatoms. The SMILES string of the molecule is CC[C@H](C)[C@@H]([C@H](CC(=O)N1CCC[C@H]1[C@H](OC)[C@@H](C)C(=O)N[C@@H](Cc1ccccc1)C(=O)N[C@@H](C)CO)OC)N(C)C(=O)[C@@H](N)C(C)C. The first-order valence-corrected chi connectivity index (χ1v) is 17.3. The van der Waals surface area contributed by atoms with Crippen LogP contribution in [0.2, 0.25) is 0 Å². The average Bonchev–Trinajstić information content (AvgIpc) is 3.56. The van der Waals surface area contributed by atoms with Gasteiger partial charge in [-0.3, -0.25) is 19.2 Å². The van der Waals surface area contributed by atoms with Gasteiger partial charge in [-0.15, -0.1) is 0 Å². The van der Waals surface area contributed by atoms with E-state index in [2.05, 4.69) is 10.6 Å². The first kappa shape index (κ1) is 41.1. The molecule has 1 saturated heterocycles. The maximum absolute atomic E-state index is 14.0. The molecule has 0 spiro atoms. The molecule has 5 N–H and O–H groups in total. The molecule has 1 aromatic rings. The Kier molecular flexibility index (Phi) is 17.0. The number of amides is 4. The number of rotatable bonds is 19. The second kappa shape index (κ2) is 19.8. The van der Waals surface area contributed by atoms with Crippen LogP contribution in [0.25, 0.3) is 0 Å². The Labute approximate surface area is 287 Å². The number of likely N-dealkylation sites (tertiary alicyclic amines) is 1. The number of carbonyl (C=O) groups is 4. The Hall–Kier alpha value is -3.06. The molecule has 1 heterocycles. The number of hydrogen-bond acceptors (Lipinski definition) is 8. The standard InChI is InChI=1S/C36H61N5O7/c1-10-23(4)32(40(7)36(46)31(37)22(2)3)29(47-8)20-30(43)41-18-14-17-28(41)33(48-9)25(6)34(44)39-27(35(45)38-24(5)21-42)19-26-15-12-11-13-16-26/h11-13,15-16,22-25,27-29,31-33,42H,10,14,17-21,37H2,1-9H3,(H,38,45)(H,39,44)/t23-,24-,25+,27-,28-,29-,31-,32-,33+/m0/s1. The van der Waals surface area contributed by atoms with Crippen LogP contribution in [0.5, 0.6) is 0 Å². The van der Waals surface area contributed by atoms with Gasteiger partial charge in [-0.05, 0) is 37.2 Å². The van der Waals surface area contributed by atoms with Gasteiger partial charge in [0.2, 0.25) is 23.6 Å². The fourth-order valence-corrected chi connectivity index (χ4v) is 6.58. The number of carbonyl (C=O) groups excluding carboxylic acids is 4. The van der Waals surface area contributed by atoms with Crippen LogP contribution in [0.3, 0.4) is 0 Å². The lowest BCUT2D eigenvalue weighted by molar-refractivity contribution is -0.146. The second-order valence-electron chi connectivity index (χ2n) is 13.7. The van der Waals surface area contributed by atoms with Crippen LogP contribution in [0, 0.1) is 17.8 Å². The third kappa shape index (κ3) is 11.0. The van der Waals surface area contributed by atoms with Crippen molar-refractivity contribution in [1.29, 1.82) is 0 Å². The molecule has 2 rings (SSSR count). The summed E-state index contributed by atoms with van der Waals surface area (Å²) >= 11 is 0. The third-order valence-corrected chi connectivity index (χ3v) is 9.84. The third-order valence-electron chi connectivity index (χ3n) is 9.84. The van der Waals surface area contributed by atoms with Crippen molar-refractivity contribution < 1.29 is 33.8 Å². The zero-order valence-electron chi connectivity index (χ0n) is 30.5. The maximum Gasteiger partial charge on any atom is 0.243 e. The molecule has 0 radical (unpaired) electrons. The lowest BCUT2D eigenvalue weighted by Gasteiger charge is -2.40. The topological polar surface area (TPSA) is 164 Å².